The maximum atomic E-state index is 12.5. The van der Waals surface area contributed by atoms with Gasteiger partial charge in [-0.1, -0.05) is 6.07 Å². The molecule has 0 radical (unpaired) electrons. The second-order valence-corrected chi connectivity index (χ2v) is 4.94. The summed E-state index contributed by atoms with van der Waals surface area (Å²) in [5, 5.41) is 3.35. The van der Waals surface area contributed by atoms with Gasteiger partial charge in [0.25, 0.3) is 0 Å². The van der Waals surface area contributed by atoms with Gasteiger partial charge in [-0.3, -0.25) is 4.90 Å². The molecular formula is C14H20F2N2O2. The van der Waals surface area contributed by atoms with Crippen LogP contribution in [0.3, 0.4) is 0 Å². The second-order valence-electron chi connectivity index (χ2n) is 4.94. The van der Waals surface area contributed by atoms with E-state index < -0.39 is 6.61 Å². The number of methoxy groups -OCH3 is 1. The molecule has 2 rings (SSSR count). The van der Waals surface area contributed by atoms with Crippen LogP contribution in [0.25, 0.3) is 0 Å². The van der Waals surface area contributed by atoms with Crippen LogP contribution in [-0.4, -0.2) is 44.3 Å². The highest BCUT2D eigenvalue weighted by Crippen LogP contribution is 2.27. The first-order valence-corrected chi connectivity index (χ1v) is 6.66. The number of halogens is 2. The third-order valence-electron chi connectivity index (χ3n) is 3.34. The Bertz CT molecular complexity index is 443. The van der Waals surface area contributed by atoms with Gasteiger partial charge in [-0.05, 0) is 13.0 Å². The van der Waals surface area contributed by atoms with Gasteiger partial charge in [0, 0.05) is 43.9 Å². The summed E-state index contributed by atoms with van der Waals surface area (Å²) >= 11 is 0. The zero-order valence-electron chi connectivity index (χ0n) is 11.7. The van der Waals surface area contributed by atoms with E-state index in [0.29, 0.717) is 18.3 Å². The Morgan fingerprint density at radius 2 is 2.25 bits per heavy atom. The molecule has 0 spiro atoms. The molecule has 6 heteroatoms. The lowest BCUT2D eigenvalue weighted by atomic mass is 10.1. The summed E-state index contributed by atoms with van der Waals surface area (Å²) in [4.78, 5) is 2.22. The molecule has 0 aliphatic carbocycles. The standard InChI is InChI=1S/C14H20F2N2O2/c1-10-8-18(6-5-17-10)9-11-3-4-12(19-2)7-13(11)20-14(15)16/h3-4,7,10,14,17H,5-6,8-9H2,1-2H3. The van der Waals surface area contributed by atoms with E-state index in [4.69, 9.17) is 4.74 Å². The topological polar surface area (TPSA) is 33.7 Å². The van der Waals surface area contributed by atoms with Crippen molar-refractivity contribution < 1.29 is 18.3 Å². The lowest BCUT2D eigenvalue weighted by molar-refractivity contribution is -0.0509. The molecule has 1 N–H and O–H groups in total. The summed E-state index contributed by atoms with van der Waals surface area (Å²) in [6, 6.07) is 5.46. The largest absolute Gasteiger partial charge is 0.497 e. The molecule has 112 valence electrons. The first-order valence-electron chi connectivity index (χ1n) is 6.66. The van der Waals surface area contributed by atoms with Gasteiger partial charge < -0.3 is 14.8 Å². The summed E-state index contributed by atoms with van der Waals surface area (Å²) < 4.78 is 34.6. The third kappa shape index (κ3) is 4.05. The van der Waals surface area contributed by atoms with Crippen molar-refractivity contribution in [2.24, 2.45) is 0 Å². The van der Waals surface area contributed by atoms with Crippen LogP contribution in [0.5, 0.6) is 11.5 Å². The van der Waals surface area contributed by atoms with Gasteiger partial charge in [-0.15, -0.1) is 0 Å². The zero-order valence-corrected chi connectivity index (χ0v) is 11.7. The van der Waals surface area contributed by atoms with Crippen molar-refractivity contribution in [2.45, 2.75) is 26.1 Å². The van der Waals surface area contributed by atoms with Crippen molar-refractivity contribution in [1.29, 1.82) is 0 Å². The summed E-state index contributed by atoms with van der Waals surface area (Å²) in [5.74, 6) is 0.698. The van der Waals surface area contributed by atoms with E-state index in [0.717, 1.165) is 25.2 Å². The van der Waals surface area contributed by atoms with E-state index >= 15 is 0 Å². The molecule has 4 nitrogen and oxygen atoms in total. The van der Waals surface area contributed by atoms with E-state index in [9.17, 15) is 8.78 Å². The van der Waals surface area contributed by atoms with Gasteiger partial charge in [-0.2, -0.15) is 8.78 Å². The molecule has 1 fully saturated rings. The molecule has 1 aromatic rings. The minimum absolute atomic E-state index is 0.186. The normalized spacial score (nSPS) is 20.1. The van der Waals surface area contributed by atoms with Crippen molar-refractivity contribution in [3.63, 3.8) is 0 Å². The van der Waals surface area contributed by atoms with Crippen LogP contribution in [0.15, 0.2) is 18.2 Å². The molecule has 1 aliphatic heterocycles. The molecule has 20 heavy (non-hydrogen) atoms. The summed E-state index contributed by atoms with van der Waals surface area (Å²) in [5.41, 5.74) is 0.750. The van der Waals surface area contributed by atoms with Gasteiger partial charge >= 0.3 is 6.61 Å². The summed E-state index contributed by atoms with van der Waals surface area (Å²) in [6.45, 7) is 2.56. The summed E-state index contributed by atoms with van der Waals surface area (Å²) in [7, 11) is 1.50. The van der Waals surface area contributed by atoms with Gasteiger partial charge in [0.2, 0.25) is 0 Å². The number of hydrogen-bond donors (Lipinski definition) is 1. The highest BCUT2D eigenvalue weighted by atomic mass is 19.3. The minimum Gasteiger partial charge on any atom is -0.497 e. The number of piperazine rings is 1. The van der Waals surface area contributed by atoms with E-state index in [1.807, 2.05) is 0 Å². The van der Waals surface area contributed by atoms with E-state index in [2.05, 4.69) is 21.9 Å². The Balaban J connectivity index is 2.12. The van der Waals surface area contributed by atoms with Crippen LogP contribution in [0.2, 0.25) is 0 Å². The smallest absolute Gasteiger partial charge is 0.387 e. The maximum absolute atomic E-state index is 12.5. The second kappa shape index (κ2) is 6.85. The number of nitrogens with zero attached hydrogens (tertiary/aromatic N) is 1. The lowest BCUT2D eigenvalue weighted by Crippen LogP contribution is -2.48. The van der Waals surface area contributed by atoms with Crippen molar-refractivity contribution in [3.8, 4) is 11.5 Å². The van der Waals surface area contributed by atoms with Gasteiger partial charge in [0.15, 0.2) is 0 Å². The van der Waals surface area contributed by atoms with Crippen molar-refractivity contribution in [1.82, 2.24) is 10.2 Å². The molecule has 1 aromatic carbocycles. The average Bonchev–Trinajstić information content (AvgIpc) is 2.40. The number of rotatable bonds is 5. The molecule has 1 atom stereocenters. The monoisotopic (exact) mass is 286 g/mol. The SMILES string of the molecule is COc1ccc(CN2CCNC(C)C2)c(OC(F)F)c1. The average molecular weight is 286 g/mol. The van der Waals surface area contributed by atoms with Crippen molar-refractivity contribution in [2.75, 3.05) is 26.7 Å². The number of ether oxygens (including phenoxy) is 2. The first kappa shape index (κ1) is 15.0. The van der Waals surface area contributed by atoms with Crippen molar-refractivity contribution >= 4 is 0 Å². The number of nitrogens with one attached hydrogen (secondary N) is 1. The van der Waals surface area contributed by atoms with Gasteiger partial charge in [-0.25, -0.2) is 0 Å². The van der Waals surface area contributed by atoms with E-state index in [-0.39, 0.29) is 5.75 Å². The van der Waals surface area contributed by atoms with Crippen LogP contribution in [0, 0.1) is 0 Å². The fraction of sp³-hybridized carbons (Fsp3) is 0.571. The van der Waals surface area contributed by atoms with Gasteiger partial charge in [0.1, 0.15) is 11.5 Å². The predicted octanol–water partition coefficient (Wildman–Crippen LogP) is 2.09. The first-order chi connectivity index (χ1) is 9.58. The Hall–Kier alpha value is -1.40. The predicted molar refractivity (Wildman–Crippen MR) is 72.4 cm³/mol. The fourth-order valence-electron chi connectivity index (χ4n) is 2.39. The molecule has 0 amide bonds. The molecule has 0 bridgehead atoms. The Kier molecular flexibility index (Phi) is 5.14. The van der Waals surface area contributed by atoms with Gasteiger partial charge in [0.05, 0.1) is 7.11 Å². The van der Waals surface area contributed by atoms with E-state index in [1.165, 1.54) is 13.2 Å². The highest BCUT2D eigenvalue weighted by molar-refractivity contribution is 5.40. The lowest BCUT2D eigenvalue weighted by Gasteiger charge is -2.32. The zero-order chi connectivity index (χ0) is 14.5. The fourth-order valence-corrected chi connectivity index (χ4v) is 2.39. The molecular weight excluding hydrogens is 266 g/mol. The highest BCUT2D eigenvalue weighted by Gasteiger charge is 2.18. The molecule has 1 unspecified atom stereocenters. The molecule has 1 saturated heterocycles. The number of hydrogen-bond acceptors (Lipinski definition) is 4. The Morgan fingerprint density at radius 3 is 2.90 bits per heavy atom. The summed E-state index contributed by atoms with van der Waals surface area (Å²) in [6.07, 6.45) is 0. The molecule has 0 aromatic heterocycles. The molecule has 0 saturated carbocycles. The van der Waals surface area contributed by atoms with Crippen LogP contribution < -0.4 is 14.8 Å². The Morgan fingerprint density at radius 1 is 1.45 bits per heavy atom. The third-order valence-corrected chi connectivity index (χ3v) is 3.34. The number of benzene rings is 1. The van der Waals surface area contributed by atoms with E-state index in [1.54, 1.807) is 12.1 Å². The molecule has 1 heterocycles. The molecule has 1 aliphatic rings. The van der Waals surface area contributed by atoms with Crippen molar-refractivity contribution in [3.05, 3.63) is 23.8 Å². The quantitative estimate of drug-likeness (QED) is 0.898. The van der Waals surface area contributed by atoms with Crippen LogP contribution in [-0.2, 0) is 6.54 Å². The number of alkyl halides is 2. The van der Waals surface area contributed by atoms with Crippen LogP contribution in [0.4, 0.5) is 8.78 Å². The van der Waals surface area contributed by atoms with Crippen LogP contribution in [0.1, 0.15) is 12.5 Å². The minimum atomic E-state index is -2.83. The van der Waals surface area contributed by atoms with Crippen LogP contribution >= 0.6 is 0 Å². The maximum Gasteiger partial charge on any atom is 0.387 e. The Labute approximate surface area is 117 Å².